The zero-order valence-electron chi connectivity index (χ0n) is 18.5. The predicted molar refractivity (Wildman–Crippen MR) is 113 cm³/mol. The lowest BCUT2D eigenvalue weighted by atomic mass is 10.1. The van der Waals surface area contributed by atoms with E-state index in [0.29, 0.717) is 5.56 Å². The Labute approximate surface area is 184 Å². The minimum Gasteiger partial charge on any atom is -0.476 e. The molecule has 1 N–H and O–H groups in total. The van der Waals surface area contributed by atoms with Gasteiger partial charge in [0, 0.05) is 6.07 Å². The smallest absolute Gasteiger partial charge is 0.268 e. The molecule has 1 heterocycles. The molecule has 1 aliphatic heterocycles. The fraction of sp³-hybridized carbons (Fsp3) is 0.391. The zero-order valence-corrected chi connectivity index (χ0v) is 18.5. The Morgan fingerprint density at radius 1 is 1.16 bits per heavy atom. The van der Waals surface area contributed by atoms with E-state index in [0.717, 1.165) is 18.2 Å². The lowest BCUT2D eigenvalue weighted by molar-refractivity contribution is -0.126. The summed E-state index contributed by atoms with van der Waals surface area (Å²) < 4.78 is 53.5. The van der Waals surface area contributed by atoms with Crippen LogP contribution in [-0.4, -0.2) is 30.1 Å². The van der Waals surface area contributed by atoms with Crippen molar-refractivity contribution in [3.63, 3.8) is 0 Å². The maximum atomic E-state index is 15.4. The maximum absolute atomic E-state index is 15.4. The molecule has 0 radical (unpaired) electrons. The molecule has 0 bridgehead atoms. The Morgan fingerprint density at radius 2 is 1.78 bits per heavy atom. The highest BCUT2D eigenvalue weighted by atomic mass is 19.1. The normalized spacial score (nSPS) is 15.9. The quantitative estimate of drug-likeness (QED) is 0.730. The van der Waals surface area contributed by atoms with Gasteiger partial charge in [-0.2, -0.15) is 0 Å². The van der Waals surface area contributed by atoms with Crippen LogP contribution in [-0.2, 0) is 20.9 Å². The van der Waals surface area contributed by atoms with Gasteiger partial charge in [-0.3, -0.25) is 9.59 Å². The average molecular weight is 450 g/mol. The van der Waals surface area contributed by atoms with Crippen molar-refractivity contribution >= 4 is 23.2 Å². The first-order valence-corrected chi connectivity index (χ1v) is 10.1. The van der Waals surface area contributed by atoms with Crippen LogP contribution >= 0.6 is 0 Å². The summed E-state index contributed by atoms with van der Waals surface area (Å²) in [6.07, 6.45) is -1.04. The number of ether oxygens (including phenoxy) is 2. The summed E-state index contributed by atoms with van der Waals surface area (Å²) in [5.74, 6) is -3.69. The second-order valence-electron chi connectivity index (χ2n) is 8.64. The van der Waals surface area contributed by atoms with Crippen molar-refractivity contribution in [2.24, 2.45) is 0 Å². The van der Waals surface area contributed by atoms with Crippen molar-refractivity contribution in [3.05, 3.63) is 52.8 Å². The number of carbonyl (C=O) groups is 2. The van der Waals surface area contributed by atoms with Crippen molar-refractivity contribution in [1.82, 2.24) is 0 Å². The van der Waals surface area contributed by atoms with E-state index in [4.69, 9.17) is 9.47 Å². The molecular weight excluding hydrogens is 425 g/mol. The molecule has 0 fully saturated rings. The van der Waals surface area contributed by atoms with Gasteiger partial charge in [0.05, 0.1) is 23.5 Å². The van der Waals surface area contributed by atoms with Gasteiger partial charge >= 0.3 is 0 Å². The molecule has 0 aliphatic carbocycles. The average Bonchev–Trinajstić information content (AvgIpc) is 2.67. The number of anilines is 2. The molecule has 0 spiro atoms. The molecule has 2 amide bonds. The summed E-state index contributed by atoms with van der Waals surface area (Å²) in [7, 11) is 0. The van der Waals surface area contributed by atoms with Gasteiger partial charge in [0.1, 0.15) is 18.2 Å². The highest BCUT2D eigenvalue weighted by molar-refractivity contribution is 6.01. The van der Waals surface area contributed by atoms with Crippen molar-refractivity contribution in [1.29, 1.82) is 0 Å². The topological polar surface area (TPSA) is 67.9 Å². The number of fused-ring (bicyclic) bond motifs is 1. The van der Waals surface area contributed by atoms with Crippen LogP contribution in [0, 0.1) is 24.4 Å². The third-order valence-electron chi connectivity index (χ3n) is 4.76. The van der Waals surface area contributed by atoms with E-state index in [-0.39, 0.29) is 35.8 Å². The molecule has 0 aromatic heterocycles. The first kappa shape index (κ1) is 23.6. The van der Waals surface area contributed by atoms with Gasteiger partial charge in [0.25, 0.3) is 5.91 Å². The Hall–Kier alpha value is -3.07. The van der Waals surface area contributed by atoms with E-state index < -0.39 is 41.0 Å². The fourth-order valence-electron chi connectivity index (χ4n) is 3.28. The summed E-state index contributed by atoms with van der Waals surface area (Å²) in [6, 6.07) is 4.41. The van der Waals surface area contributed by atoms with Gasteiger partial charge < -0.3 is 19.7 Å². The van der Waals surface area contributed by atoms with Crippen LogP contribution in [0.25, 0.3) is 0 Å². The number of benzene rings is 2. The predicted octanol–water partition coefficient (Wildman–Crippen LogP) is 4.48. The molecule has 0 saturated heterocycles. The molecule has 172 valence electrons. The number of nitrogens with one attached hydrogen (secondary N) is 1. The van der Waals surface area contributed by atoms with Gasteiger partial charge in [-0.25, -0.2) is 13.2 Å². The number of carbonyl (C=O) groups excluding carboxylic acids is 2. The first-order chi connectivity index (χ1) is 14.9. The summed E-state index contributed by atoms with van der Waals surface area (Å²) in [5, 5.41) is 2.49. The number of hydrogen-bond acceptors (Lipinski definition) is 4. The van der Waals surface area contributed by atoms with Gasteiger partial charge in [-0.05, 0) is 63.9 Å². The monoisotopic (exact) mass is 450 g/mol. The summed E-state index contributed by atoms with van der Waals surface area (Å²) in [5.41, 5.74) is 0.00926. The van der Waals surface area contributed by atoms with E-state index in [1.807, 2.05) is 0 Å². The Balaban J connectivity index is 1.94. The number of nitrogens with zero attached hydrogens (tertiary/aromatic N) is 1. The van der Waals surface area contributed by atoms with Gasteiger partial charge in [-0.1, -0.05) is 0 Å². The molecule has 1 aliphatic rings. The molecule has 3 rings (SSSR count). The highest BCUT2D eigenvalue weighted by Crippen LogP contribution is 2.42. The van der Waals surface area contributed by atoms with Crippen molar-refractivity contribution in [3.8, 4) is 5.75 Å². The number of hydrogen-bond donors (Lipinski definition) is 1. The maximum Gasteiger partial charge on any atom is 0.268 e. The highest BCUT2D eigenvalue weighted by Gasteiger charge is 2.35. The number of rotatable bonds is 5. The van der Waals surface area contributed by atoms with E-state index in [2.05, 4.69) is 5.32 Å². The second kappa shape index (κ2) is 8.82. The van der Waals surface area contributed by atoms with Crippen LogP contribution < -0.4 is 15.0 Å². The third kappa shape index (κ3) is 5.21. The Morgan fingerprint density at radius 3 is 2.38 bits per heavy atom. The van der Waals surface area contributed by atoms with E-state index in [1.165, 1.54) is 17.9 Å². The fourth-order valence-corrected chi connectivity index (χ4v) is 3.28. The SMILES string of the molecule is Cc1cc2c(c(F)c1NC(=O)COC(C)(C)C)OC(C)C(=O)N2Cc1cc(F)cc(F)c1. The molecular formula is C23H25F3N2O4. The lowest BCUT2D eigenvalue weighted by Gasteiger charge is -2.34. The van der Waals surface area contributed by atoms with Crippen molar-refractivity contribution in [2.45, 2.75) is 52.9 Å². The van der Waals surface area contributed by atoms with Crippen LogP contribution in [0.15, 0.2) is 24.3 Å². The molecule has 32 heavy (non-hydrogen) atoms. The number of aryl methyl sites for hydroxylation is 1. The van der Waals surface area contributed by atoms with Crippen molar-refractivity contribution < 1.29 is 32.2 Å². The second-order valence-corrected chi connectivity index (χ2v) is 8.64. The summed E-state index contributed by atoms with van der Waals surface area (Å²) in [4.78, 5) is 26.2. The van der Waals surface area contributed by atoms with E-state index in [1.54, 1.807) is 27.7 Å². The number of halogens is 3. The summed E-state index contributed by atoms with van der Waals surface area (Å²) >= 11 is 0. The Bertz CT molecular complexity index is 1050. The lowest BCUT2D eigenvalue weighted by Crippen LogP contribution is -2.44. The van der Waals surface area contributed by atoms with Crippen LogP contribution in [0.3, 0.4) is 0 Å². The third-order valence-corrected chi connectivity index (χ3v) is 4.76. The van der Waals surface area contributed by atoms with Gasteiger partial charge in [0.2, 0.25) is 5.91 Å². The first-order valence-electron chi connectivity index (χ1n) is 10.1. The molecule has 9 heteroatoms. The molecule has 2 aromatic rings. The van der Waals surface area contributed by atoms with Crippen LogP contribution in [0.2, 0.25) is 0 Å². The van der Waals surface area contributed by atoms with E-state index in [9.17, 15) is 18.4 Å². The van der Waals surface area contributed by atoms with Crippen LogP contribution in [0.1, 0.15) is 38.8 Å². The standard InChI is InChI=1S/C23H25F3N2O4/c1-12-6-17-21(19(26)20(12)27-18(29)11-31-23(3,4)5)32-13(2)22(30)28(17)10-14-7-15(24)9-16(25)8-14/h6-9,13H,10-11H2,1-5H3,(H,27,29). The molecule has 1 unspecified atom stereocenters. The molecule has 6 nitrogen and oxygen atoms in total. The molecule has 0 saturated carbocycles. The van der Waals surface area contributed by atoms with E-state index >= 15 is 4.39 Å². The number of amides is 2. The van der Waals surface area contributed by atoms with Crippen LogP contribution in [0.4, 0.5) is 24.5 Å². The molecule has 2 aromatic carbocycles. The minimum atomic E-state index is -1.04. The van der Waals surface area contributed by atoms with Gasteiger partial charge in [-0.15, -0.1) is 0 Å². The zero-order chi connectivity index (χ0) is 23.8. The van der Waals surface area contributed by atoms with Crippen LogP contribution in [0.5, 0.6) is 5.75 Å². The summed E-state index contributed by atoms with van der Waals surface area (Å²) in [6.45, 7) is 7.92. The molecule has 1 atom stereocenters. The van der Waals surface area contributed by atoms with Crippen molar-refractivity contribution in [2.75, 3.05) is 16.8 Å². The van der Waals surface area contributed by atoms with Gasteiger partial charge in [0.15, 0.2) is 17.7 Å². The minimum absolute atomic E-state index is 0.0930. The Kier molecular flexibility index (Phi) is 6.50. The largest absolute Gasteiger partial charge is 0.476 e.